The highest BCUT2D eigenvalue weighted by atomic mass is 32.2. The van der Waals surface area contributed by atoms with Crippen LogP contribution in [0.2, 0.25) is 0 Å². The highest BCUT2D eigenvalue weighted by molar-refractivity contribution is 8.04. The van der Waals surface area contributed by atoms with Crippen LogP contribution in [0.1, 0.15) is 25.2 Å². The lowest BCUT2D eigenvalue weighted by Gasteiger charge is -2.13. The van der Waals surface area contributed by atoms with E-state index in [0.29, 0.717) is 12.2 Å². The molecule has 0 aliphatic heterocycles. The zero-order chi connectivity index (χ0) is 16.2. The first-order valence-electron chi connectivity index (χ1n) is 6.58. The number of hydrogen-bond acceptors (Lipinski definition) is 7. The van der Waals surface area contributed by atoms with Crippen molar-refractivity contribution in [1.82, 2.24) is 25.5 Å². The van der Waals surface area contributed by atoms with Gasteiger partial charge in [-0.05, 0) is 41.4 Å². The molecule has 1 N–H and O–H groups in total. The molecule has 0 saturated carbocycles. The van der Waals surface area contributed by atoms with Gasteiger partial charge in [0.05, 0.1) is 12.1 Å². The minimum Gasteiger partial charge on any atom is -0.342 e. The fourth-order valence-electron chi connectivity index (χ4n) is 1.47. The summed E-state index contributed by atoms with van der Waals surface area (Å²) in [5.41, 5.74) is 0. The van der Waals surface area contributed by atoms with Crippen molar-refractivity contribution in [3.63, 3.8) is 0 Å². The summed E-state index contributed by atoms with van der Waals surface area (Å²) in [6.07, 6.45) is 6.05. The van der Waals surface area contributed by atoms with Crippen LogP contribution in [-0.4, -0.2) is 38.1 Å². The van der Waals surface area contributed by atoms with Gasteiger partial charge < -0.3 is 5.32 Å². The molecular weight excluding hydrogens is 320 g/mol. The lowest BCUT2D eigenvalue weighted by Crippen LogP contribution is -2.28. The minimum absolute atomic E-state index is 0.0378. The molecule has 1 aromatic heterocycles. The third kappa shape index (κ3) is 6.78. The molecule has 0 saturated heterocycles. The lowest BCUT2D eigenvalue weighted by atomic mass is 10.2. The molecule has 1 amide bonds. The Hall–Kier alpha value is -1.79. The number of nitriles is 1. The number of tetrazole rings is 1. The standard InChI is InChI=1S/C13H18N6OS2/c1-3-8-22-10-5-12(20)15-11(4-9-21-2)13-16-18-19(17-13)7-6-14/h3,5,8,10-11H,4,7,9H2,1-2H3,(H,15,20)/b8-3-,10-5+/t11-/m0/s1. The highest BCUT2D eigenvalue weighted by Gasteiger charge is 2.18. The van der Waals surface area contributed by atoms with Crippen LogP contribution in [0.15, 0.2) is 23.0 Å². The van der Waals surface area contributed by atoms with Gasteiger partial charge in [0.2, 0.25) is 5.91 Å². The molecule has 0 fully saturated rings. The molecule has 0 spiro atoms. The summed E-state index contributed by atoms with van der Waals surface area (Å²) < 4.78 is 0. The zero-order valence-corrected chi connectivity index (χ0v) is 14.1. The van der Waals surface area contributed by atoms with E-state index in [2.05, 4.69) is 20.7 Å². The third-order valence-electron chi connectivity index (χ3n) is 2.43. The molecule has 1 aromatic rings. The summed E-state index contributed by atoms with van der Waals surface area (Å²) in [5, 5.41) is 26.9. The van der Waals surface area contributed by atoms with Gasteiger partial charge in [-0.25, -0.2) is 0 Å². The molecule has 1 atom stereocenters. The second-order valence-electron chi connectivity index (χ2n) is 4.09. The highest BCUT2D eigenvalue weighted by Crippen LogP contribution is 2.14. The number of nitrogens with zero attached hydrogens (tertiary/aromatic N) is 5. The number of rotatable bonds is 9. The number of allylic oxidation sites excluding steroid dienone is 1. The Labute approximate surface area is 138 Å². The van der Waals surface area contributed by atoms with Gasteiger partial charge in [-0.3, -0.25) is 4.79 Å². The van der Waals surface area contributed by atoms with Crippen molar-refractivity contribution in [2.24, 2.45) is 0 Å². The first kappa shape index (κ1) is 18.3. The molecule has 1 heterocycles. The van der Waals surface area contributed by atoms with E-state index in [1.165, 1.54) is 22.6 Å². The Morgan fingerprint density at radius 1 is 1.55 bits per heavy atom. The predicted octanol–water partition coefficient (Wildman–Crippen LogP) is 1.89. The number of amides is 1. The Balaban J connectivity index is 2.68. The zero-order valence-electron chi connectivity index (χ0n) is 12.5. The average molecular weight is 338 g/mol. The van der Waals surface area contributed by atoms with E-state index in [4.69, 9.17) is 5.26 Å². The summed E-state index contributed by atoms with van der Waals surface area (Å²) in [4.78, 5) is 13.1. The number of carbonyl (C=O) groups is 1. The van der Waals surface area contributed by atoms with Gasteiger partial charge in [0, 0.05) is 6.08 Å². The summed E-state index contributed by atoms with van der Waals surface area (Å²) in [5.74, 6) is 1.07. The topological polar surface area (TPSA) is 96.5 Å². The summed E-state index contributed by atoms with van der Waals surface area (Å²) in [6, 6.07) is 1.63. The Morgan fingerprint density at radius 2 is 2.36 bits per heavy atom. The molecule has 118 valence electrons. The largest absolute Gasteiger partial charge is 0.342 e. The van der Waals surface area contributed by atoms with Gasteiger partial charge in [-0.2, -0.15) is 17.0 Å². The van der Waals surface area contributed by atoms with Crippen LogP contribution in [0, 0.1) is 11.3 Å². The Kier molecular flexibility index (Phi) is 9.02. The molecule has 0 radical (unpaired) electrons. The maximum atomic E-state index is 11.9. The van der Waals surface area contributed by atoms with Crippen molar-refractivity contribution < 1.29 is 4.79 Å². The van der Waals surface area contributed by atoms with Gasteiger partial charge in [0.1, 0.15) is 6.54 Å². The number of carbonyl (C=O) groups excluding carboxylic acids is 1. The van der Waals surface area contributed by atoms with Crippen LogP contribution in [0.4, 0.5) is 0 Å². The van der Waals surface area contributed by atoms with Crippen LogP contribution in [0.5, 0.6) is 0 Å². The average Bonchev–Trinajstić information content (AvgIpc) is 2.97. The van der Waals surface area contributed by atoms with Crippen molar-refractivity contribution in [1.29, 1.82) is 5.26 Å². The molecule has 9 heteroatoms. The maximum Gasteiger partial charge on any atom is 0.245 e. The molecular formula is C13H18N6OS2. The minimum atomic E-state index is -0.316. The van der Waals surface area contributed by atoms with E-state index in [-0.39, 0.29) is 18.5 Å². The number of hydrogen-bond donors (Lipinski definition) is 1. The second kappa shape index (κ2) is 10.9. The van der Waals surface area contributed by atoms with E-state index >= 15 is 0 Å². The van der Waals surface area contributed by atoms with E-state index < -0.39 is 0 Å². The van der Waals surface area contributed by atoms with Crippen LogP contribution in [0.3, 0.4) is 0 Å². The van der Waals surface area contributed by atoms with E-state index in [9.17, 15) is 4.79 Å². The van der Waals surface area contributed by atoms with Gasteiger partial charge in [-0.1, -0.05) is 6.08 Å². The normalized spacial score (nSPS) is 12.6. The Morgan fingerprint density at radius 3 is 3.05 bits per heavy atom. The summed E-state index contributed by atoms with van der Waals surface area (Å²) in [6.45, 7) is 1.95. The van der Waals surface area contributed by atoms with Crippen LogP contribution >= 0.6 is 23.5 Å². The van der Waals surface area contributed by atoms with E-state index in [1.54, 1.807) is 17.2 Å². The van der Waals surface area contributed by atoms with Crippen molar-refractivity contribution >= 4 is 29.4 Å². The van der Waals surface area contributed by atoms with Gasteiger partial charge in [0.25, 0.3) is 0 Å². The van der Waals surface area contributed by atoms with Crippen LogP contribution in [-0.2, 0) is 11.3 Å². The van der Waals surface area contributed by atoms with E-state index in [0.717, 1.165) is 5.75 Å². The first-order chi connectivity index (χ1) is 10.7. The van der Waals surface area contributed by atoms with Crippen molar-refractivity contribution in [2.45, 2.75) is 25.9 Å². The van der Waals surface area contributed by atoms with Crippen LogP contribution in [0.25, 0.3) is 0 Å². The molecule has 0 aliphatic rings. The lowest BCUT2D eigenvalue weighted by molar-refractivity contribution is -0.117. The maximum absolute atomic E-state index is 11.9. The molecule has 0 aliphatic carbocycles. The number of aromatic nitrogens is 4. The first-order valence-corrected chi connectivity index (χ1v) is 8.92. The SMILES string of the molecule is C/C=C\S/C=C/C(=O)N[C@@H](CCSC)c1nnn(CC#N)n1. The summed E-state index contributed by atoms with van der Waals surface area (Å²) >= 11 is 3.10. The monoisotopic (exact) mass is 338 g/mol. The number of thioether (sulfide) groups is 2. The van der Waals surface area contributed by atoms with Crippen molar-refractivity contribution in [3.8, 4) is 6.07 Å². The Bertz CT molecular complexity index is 563. The van der Waals surface area contributed by atoms with Gasteiger partial charge >= 0.3 is 0 Å². The van der Waals surface area contributed by atoms with Crippen LogP contribution < -0.4 is 5.32 Å². The molecule has 22 heavy (non-hydrogen) atoms. The van der Waals surface area contributed by atoms with Gasteiger partial charge in [0.15, 0.2) is 5.82 Å². The molecule has 0 bridgehead atoms. The quantitative estimate of drug-likeness (QED) is 0.687. The molecule has 0 aromatic carbocycles. The second-order valence-corrected chi connectivity index (χ2v) is 5.89. The predicted molar refractivity (Wildman–Crippen MR) is 88.9 cm³/mol. The molecule has 7 nitrogen and oxygen atoms in total. The van der Waals surface area contributed by atoms with Crippen molar-refractivity contribution in [2.75, 3.05) is 12.0 Å². The number of nitrogens with one attached hydrogen (secondary N) is 1. The fourth-order valence-corrected chi connectivity index (χ4v) is 2.39. The fraction of sp³-hybridized carbons (Fsp3) is 0.462. The summed E-state index contributed by atoms with van der Waals surface area (Å²) in [7, 11) is 0. The smallest absolute Gasteiger partial charge is 0.245 e. The molecule has 1 rings (SSSR count). The third-order valence-corrected chi connectivity index (χ3v) is 3.80. The van der Waals surface area contributed by atoms with Gasteiger partial charge in [-0.15, -0.1) is 26.8 Å². The van der Waals surface area contributed by atoms with E-state index in [1.807, 2.05) is 30.7 Å². The van der Waals surface area contributed by atoms with Crippen molar-refractivity contribution in [3.05, 3.63) is 28.8 Å². The molecule has 0 unspecified atom stereocenters.